The number of nitrogens with zero attached hydrogens (tertiary/aromatic N) is 2. The third-order valence-corrected chi connectivity index (χ3v) is 5.29. The minimum atomic E-state index is -0.306. The lowest BCUT2D eigenvalue weighted by Gasteiger charge is -2.26. The van der Waals surface area contributed by atoms with Crippen molar-refractivity contribution in [2.45, 2.75) is 6.54 Å². The molecule has 0 radical (unpaired) electrons. The first-order valence-corrected chi connectivity index (χ1v) is 11.1. The zero-order valence-electron chi connectivity index (χ0n) is 20.7. The molecule has 8 heteroatoms. The summed E-state index contributed by atoms with van der Waals surface area (Å²) in [4.78, 5) is 29.9. The van der Waals surface area contributed by atoms with Crippen LogP contribution in [0.25, 0.3) is 0 Å². The highest BCUT2D eigenvalue weighted by Crippen LogP contribution is 2.38. The molecule has 1 N–H and O–H groups in total. The number of para-hydroxylation sites is 1. The summed E-state index contributed by atoms with van der Waals surface area (Å²) >= 11 is 0. The van der Waals surface area contributed by atoms with E-state index in [1.165, 1.54) is 21.3 Å². The molecule has 8 nitrogen and oxygen atoms in total. The Kier molecular flexibility index (Phi) is 8.69. The van der Waals surface area contributed by atoms with Gasteiger partial charge in [-0.15, -0.1) is 0 Å². The summed E-state index contributed by atoms with van der Waals surface area (Å²) in [5.74, 6) is 0.777. The highest BCUT2D eigenvalue weighted by molar-refractivity contribution is 6.06. The normalized spacial score (nSPS) is 10.6. The van der Waals surface area contributed by atoms with Gasteiger partial charge in [0.1, 0.15) is 0 Å². The predicted octanol–water partition coefficient (Wildman–Crippen LogP) is 3.81. The van der Waals surface area contributed by atoms with Crippen LogP contribution in [0.15, 0.2) is 66.7 Å². The average molecular weight is 478 g/mol. The Morgan fingerprint density at radius 1 is 0.800 bits per heavy atom. The zero-order valence-corrected chi connectivity index (χ0v) is 20.7. The van der Waals surface area contributed by atoms with E-state index < -0.39 is 0 Å². The van der Waals surface area contributed by atoms with Gasteiger partial charge in [0.05, 0.1) is 28.0 Å². The number of benzene rings is 3. The second-order valence-electron chi connectivity index (χ2n) is 8.09. The summed E-state index contributed by atoms with van der Waals surface area (Å²) in [5.41, 5.74) is 2.52. The Morgan fingerprint density at radius 3 is 2.03 bits per heavy atom. The Bertz CT molecular complexity index is 1140. The summed E-state index contributed by atoms with van der Waals surface area (Å²) in [6.07, 6.45) is 0. The molecule has 3 aromatic carbocycles. The van der Waals surface area contributed by atoms with Gasteiger partial charge in [0, 0.05) is 23.4 Å². The number of hydrogen-bond acceptors (Lipinski definition) is 6. The number of methoxy groups -OCH3 is 3. The zero-order chi connectivity index (χ0) is 25.4. The Morgan fingerprint density at radius 2 is 1.46 bits per heavy atom. The van der Waals surface area contributed by atoms with E-state index in [4.69, 9.17) is 14.2 Å². The molecule has 0 bridgehead atoms. The molecule has 0 aliphatic carbocycles. The number of hydrogen-bond donors (Lipinski definition) is 1. The van der Waals surface area contributed by atoms with E-state index in [-0.39, 0.29) is 18.4 Å². The second kappa shape index (κ2) is 11.9. The van der Waals surface area contributed by atoms with Crippen LogP contribution in [0.2, 0.25) is 0 Å². The first-order chi connectivity index (χ1) is 16.9. The van der Waals surface area contributed by atoms with Crippen LogP contribution in [0.4, 0.5) is 5.69 Å². The van der Waals surface area contributed by atoms with Crippen LogP contribution in [0.1, 0.15) is 26.3 Å². The number of carbonyl (C=O) groups is 2. The highest BCUT2D eigenvalue weighted by atomic mass is 16.5. The van der Waals surface area contributed by atoms with Crippen molar-refractivity contribution in [3.63, 3.8) is 0 Å². The lowest BCUT2D eigenvalue weighted by atomic mass is 10.1. The van der Waals surface area contributed by atoms with E-state index in [0.717, 1.165) is 11.3 Å². The third kappa shape index (κ3) is 6.30. The molecule has 0 saturated heterocycles. The van der Waals surface area contributed by atoms with Gasteiger partial charge in [-0.25, -0.2) is 0 Å². The molecular weight excluding hydrogens is 446 g/mol. The first-order valence-electron chi connectivity index (χ1n) is 11.1. The van der Waals surface area contributed by atoms with Crippen molar-refractivity contribution < 1.29 is 23.8 Å². The molecule has 2 amide bonds. The summed E-state index contributed by atoms with van der Waals surface area (Å²) < 4.78 is 16.0. The number of ether oxygens (including phenoxy) is 3. The van der Waals surface area contributed by atoms with Crippen molar-refractivity contribution in [2.24, 2.45) is 0 Å². The molecule has 35 heavy (non-hydrogen) atoms. The molecule has 0 atom stereocenters. The molecule has 3 aromatic rings. The minimum Gasteiger partial charge on any atom is -0.493 e. The predicted molar refractivity (Wildman–Crippen MR) is 136 cm³/mol. The van der Waals surface area contributed by atoms with Gasteiger partial charge < -0.3 is 19.5 Å². The molecule has 3 rings (SSSR count). The molecular formula is C27H31N3O5. The van der Waals surface area contributed by atoms with E-state index in [1.807, 2.05) is 61.5 Å². The molecule has 0 aromatic heterocycles. The van der Waals surface area contributed by atoms with Crippen molar-refractivity contribution in [1.82, 2.24) is 10.2 Å². The molecule has 0 aliphatic rings. The molecule has 0 heterocycles. The molecule has 0 unspecified atom stereocenters. The van der Waals surface area contributed by atoms with Crippen molar-refractivity contribution in [3.05, 3.63) is 83.4 Å². The van der Waals surface area contributed by atoms with Gasteiger partial charge in [-0.2, -0.15) is 0 Å². The Labute approximate surface area is 206 Å². The maximum absolute atomic E-state index is 13.4. The van der Waals surface area contributed by atoms with Crippen molar-refractivity contribution >= 4 is 17.5 Å². The number of nitrogens with one attached hydrogen (secondary N) is 1. The summed E-state index contributed by atoms with van der Waals surface area (Å²) in [6, 6.07) is 20.0. The fourth-order valence-corrected chi connectivity index (χ4v) is 3.62. The number of rotatable bonds is 10. The fourth-order valence-electron chi connectivity index (χ4n) is 3.62. The minimum absolute atomic E-state index is 0.122. The van der Waals surface area contributed by atoms with Gasteiger partial charge in [-0.1, -0.05) is 30.3 Å². The number of amides is 2. The van der Waals surface area contributed by atoms with Crippen LogP contribution in [-0.4, -0.2) is 58.8 Å². The van der Waals surface area contributed by atoms with Gasteiger partial charge in [-0.3, -0.25) is 19.4 Å². The van der Waals surface area contributed by atoms with Crippen LogP contribution in [-0.2, 0) is 6.54 Å². The van der Waals surface area contributed by atoms with Gasteiger partial charge in [0.15, 0.2) is 11.5 Å². The summed E-state index contributed by atoms with van der Waals surface area (Å²) in [7, 11) is 8.33. The summed E-state index contributed by atoms with van der Waals surface area (Å²) in [5, 5.41) is 2.89. The molecule has 0 spiro atoms. The fraction of sp³-hybridized carbons (Fsp3) is 0.259. The SMILES string of the molecule is COc1cc(C(=O)NCc2cccc(C(=O)N(CN(C)C)c3ccccc3)c2)cc(OC)c1OC. The first kappa shape index (κ1) is 25.6. The van der Waals surface area contributed by atoms with E-state index in [0.29, 0.717) is 35.0 Å². The quantitative estimate of drug-likeness (QED) is 0.448. The average Bonchev–Trinajstić information content (AvgIpc) is 2.89. The lowest BCUT2D eigenvalue weighted by Crippen LogP contribution is -2.38. The van der Waals surface area contributed by atoms with Crippen LogP contribution >= 0.6 is 0 Å². The van der Waals surface area contributed by atoms with Gasteiger partial charge in [0.25, 0.3) is 11.8 Å². The maximum atomic E-state index is 13.4. The van der Waals surface area contributed by atoms with E-state index in [1.54, 1.807) is 29.2 Å². The standard InChI is InChI=1S/C27H31N3O5/c1-29(2)18-30(22-12-7-6-8-13-22)27(32)20-11-9-10-19(14-20)17-28-26(31)21-15-23(33-3)25(35-5)24(16-21)34-4/h6-16H,17-18H2,1-5H3,(H,28,31). The summed E-state index contributed by atoms with van der Waals surface area (Å²) in [6.45, 7) is 0.681. The largest absolute Gasteiger partial charge is 0.493 e. The molecule has 184 valence electrons. The number of anilines is 1. The van der Waals surface area contributed by atoms with Crippen LogP contribution in [0.5, 0.6) is 17.2 Å². The van der Waals surface area contributed by atoms with Gasteiger partial charge in [0.2, 0.25) is 5.75 Å². The molecule has 0 fully saturated rings. The maximum Gasteiger partial charge on any atom is 0.259 e. The third-order valence-electron chi connectivity index (χ3n) is 5.29. The molecule has 0 saturated carbocycles. The number of carbonyl (C=O) groups excluding carboxylic acids is 2. The van der Waals surface area contributed by atoms with E-state index in [2.05, 4.69) is 5.32 Å². The van der Waals surface area contributed by atoms with Crippen LogP contribution in [0.3, 0.4) is 0 Å². The smallest absolute Gasteiger partial charge is 0.259 e. The second-order valence-corrected chi connectivity index (χ2v) is 8.09. The Balaban J connectivity index is 1.77. The molecule has 0 aliphatic heterocycles. The monoisotopic (exact) mass is 477 g/mol. The van der Waals surface area contributed by atoms with Crippen LogP contribution in [0, 0.1) is 0 Å². The van der Waals surface area contributed by atoms with Gasteiger partial charge >= 0.3 is 0 Å². The van der Waals surface area contributed by atoms with Crippen LogP contribution < -0.4 is 24.4 Å². The van der Waals surface area contributed by atoms with Crippen molar-refractivity contribution in [1.29, 1.82) is 0 Å². The van der Waals surface area contributed by atoms with Gasteiger partial charge in [-0.05, 0) is 56.1 Å². The lowest BCUT2D eigenvalue weighted by molar-refractivity contribution is 0.0949. The van der Waals surface area contributed by atoms with E-state index >= 15 is 0 Å². The van der Waals surface area contributed by atoms with Crippen molar-refractivity contribution in [2.75, 3.05) is 47.0 Å². The highest BCUT2D eigenvalue weighted by Gasteiger charge is 2.20. The van der Waals surface area contributed by atoms with E-state index in [9.17, 15) is 9.59 Å². The van der Waals surface area contributed by atoms with Crippen molar-refractivity contribution in [3.8, 4) is 17.2 Å². The topological polar surface area (TPSA) is 80.3 Å². The Hall–Kier alpha value is -4.04.